The van der Waals surface area contributed by atoms with E-state index in [-0.39, 0.29) is 5.91 Å². The second-order valence-electron chi connectivity index (χ2n) is 6.96. The highest BCUT2D eigenvalue weighted by atomic mass is 16.5. The van der Waals surface area contributed by atoms with E-state index in [1.165, 1.54) is 19.3 Å². The van der Waals surface area contributed by atoms with Crippen molar-refractivity contribution in [3.8, 4) is 0 Å². The van der Waals surface area contributed by atoms with Gasteiger partial charge in [0.25, 0.3) is 0 Å². The summed E-state index contributed by atoms with van der Waals surface area (Å²) in [5.41, 5.74) is 2.08. The van der Waals surface area contributed by atoms with Gasteiger partial charge in [0.1, 0.15) is 0 Å². The summed E-state index contributed by atoms with van der Waals surface area (Å²) in [6.45, 7) is 6.23. The highest BCUT2D eigenvalue weighted by Crippen LogP contribution is 2.23. The zero-order chi connectivity index (χ0) is 16.9. The molecule has 1 aromatic rings. The number of aromatic nitrogens is 2. The minimum Gasteiger partial charge on any atom is -0.383 e. The number of amides is 1. The number of methoxy groups -OCH3 is 1. The summed E-state index contributed by atoms with van der Waals surface area (Å²) >= 11 is 0. The summed E-state index contributed by atoms with van der Waals surface area (Å²) in [6.07, 6.45) is 5.21. The molecule has 132 valence electrons. The molecule has 3 heterocycles. The molecular weight excluding hydrogens is 304 g/mol. The van der Waals surface area contributed by atoms with E-state index in [0.717, 1.165) is 43.4 Å². The van der Waals surface area contributed by atoms with E-state index in [0.29, 0.717) is 25.5 Å². The third-order valence-corrected chi connectivity index (χ3v) is 4.89. The molecule has 1 aromatic heterocycles. The standard InChI is InChI=1S/C18H28N4O2/c1-14-10-16(20-18(19-14)21-6-4-3-5-7-21)11-15-12-17(23)22(13-15)8-9-24-2/h10,15H,3-9,11-13H2,1-2H3/t15-/m1/s1. The molecule has 3 rings (SSSR count). The Kier molecular flexibility index (Phi) is 5.66. The van der Waals surface area contributed by atoms with E-state index >= 15 is 0 Å². The van der Waals surface area contributed by atoms with E-state index in [1.54, 1.807) is 7.11 Å². The lowest BCUT2D eigenvalue weighted by molar-refractivity contribution is -0.128. The van der Waals surface area contributed by atoms with Crippen molar-refractivity contribution < 1.29 is 9.53 Å². The first-order valence-corrected chi connectivity index (χ1v) is 9.02. The average Bonchev–Trinajstić information content (AvgIpc) is 2.92. The lowest BCUT2D eigenvalue weighted by atomic mass is 10.0. The lowest BCUT2D eigenvalue weighted by Gasteiger charge is -2.27. The number of ether oxygens (including phenoxy) is 1. The Hall–Kier alpha value is -1.69. The van der Waals surface area contributed by atoms with Gasteiger partial charge in [0.2, 0.25) is 11.9 Å². The number of carbonyl (C=O) groups excluding carboxylic acids is 1. The van der Waals surface area contributed by atoms with Crippen molar-refractivity contribution in [2.75, 3.05) is 44.8 Å². The third kappa shape index (κ3) is 4.23. The maximum absolute atomic E-state index is 12.1. The Morgan fingerprint density at radius 1 is 1.25 bits per heavy atom. The van der Waals surface area contributed by atoms with E-state index in [4.69, 9.17) is 9.72 Å². The number of piperidine rings is 1. The molecule has 2 saturated heterocycles. The number of rotatable bonds is 6. The fourth-order valence-electron chi connectivity index (χ4n) is 3.66. The quantitative estimate of drug-likeness (QED) is 0.795. The SMILES string of the molecule is COCCN1C[C@H](Cc2cc(C)nc(N3CCCCC3)n2)CC1=O. The molecule has 0 radical (unpaired) electrons. The summed E-state index contributed by atoms with van der Waals surface area (Å²) in [5, 5.41) is 0. The fourth-order valence-corrected chi connectivity index (χ4v) is 3.66. The molecule has 24 heavy (non-hydrogen) atoms. The number of nitrogens with zero attached hydrogens (tertiary/aromatic N) is 4. The highest BCUT2D eigenvalue weighted by Gasteiger charge is 2.29. The second-order valence-corrected chi connectivity index (χ2v) is 6.96. The number of hydrogen-bond donors (Lipinski definition) is 0. The Bertz CT molecular complexity index is 572. The molecule has 0 saturated carbocycles. The molecular formula is C18H28N4O2. The first-order valence-electron chi connectivity index (χ1n) is 9.02. The van der Waals surface area contributed by atoms with Crippen LogP contribution in [0.3, 0.4) is 0 Å². The number of aryl methyl sites for hydroxylation is 1. The molecule has 1 amide bonds. The van der Waals surface area contributed by atoms with Gasteiger partial charge < -0.3 is 14.5 Å². The van der Waals surface area contributed by atoms with Crippen molar-refractivity contribution in [3.63, 3.8) is 0 Å². The largest absolute Gasteiger partial charge is 0.383 e. The van der Waals surface area contributed by atoms with Gasteiger partial charge in [-0.05, 0) is 44.6 Å². The molecule has 6 heteroatoms. The van der Waals surface area contributed by atoms with E-state index < -0.39 is 0 Å². The van der Waals surface area contributed by atoms with Gasteiger partial charge >= 0.3 is 0 Å². The lowest BCUT2D eigenvalue weighted by Crippen LogP contribution is -2.31. The van der Waals surface area contributed by atoms with Gasteiger partial charge in [-0.15, -0.1) is 0 Å². The molecule has 2 aliphatic rings. The van der Waals surface area contributed by atoms with Crippen LogP contribution in [-0.4, -0.2) is 60.7 Å². The molecule has 0 aliphatic carbocycles. The van der Waals surface area contributed by atoms with Gasteiger partial charge in [-0.2, -0.15) is 0 Å². The van der Waals surface area contributed by atoms with Gasteiger partial charge in [-0.25, -0.2) is 9.97 Å². The van der Waals surface area contributed by atoms with Crippen LogP contribution >= 0.6 is 0 Å². The van der Waals surface area contributed by atoms with Crippen LogP contribution in [0.4, 0.5) is 5.95 Å². The Balaban J connectivity index is 1.64. The van der Waals surface area contributed by atoms with Gasteiger partial charge in [-0.1, -0.05) is 0 Å². The summed E-state index contributed by atoms with van der Waals surface area (Å²) < 4.78 is 5.08. The summed E-state index contributed by atoms with van der Waals surface area (Å²) in [6, 6.07) is 2.07. The van der Waals surface area contributed by atoms with E-state index in [9.17, 15) is 4.79 Å². The molecule has 2 aliphatic heterocycles. The maximum atomic E-state index is 12.1. The van der Waals surface area contributed by atoms with Crippen LogP contribution in [0.25, 0.3) is 0 Å². The minimum atomic E-state index is 0.235. The Labute approximate surface area is 144 Å². The smallest absolute Gasteiger partial charge is 0.225 e. The van der Waals surface area contributed by atoms with Crippen LogP contribution < -0.4 is 4.90 Å². The zero-order valence-electron chi connectivity index (χ0n) is 14.8. The van der Waals surface area contributed by atoms with Crippen LogP contribution in [0, 0.1) is 12.8 Å². The van der Waals surface area contributed by atoms with Gasteiger partial charge in [0.15, 0.2) is 0 Å². The molecule has 0 aromatic carbocycles. The van der Waals surface area contributed by atoms with Gasteiger partial charge in [-0.3, -0.25) is 4.79 Å². The molecule has 0 unspecified atom stereocenters. The van der Waals surface area contributed by atoms with Crippen LogP contribution in [0.5, 0.6) is 0 Å². The van der Waals surface area contributed by atoms with Crippen molar-refractivity contribution in [1.29, 1.82) is 0 Å². The number of hydrogen-bond acceptors (Lipinski definition) is 5. The monoisotopic (exact) mass is 332 g/mol. The van der Waals surface area contributed by atoms with Crippen LogP contribution in [0.2, 0.25) is 0 Å². The number of carbonyl (C=O) groups is 1. The second kappa shape index (κ2) is 7.92. The number of anilines is 1. The van der Waals surface area contributed by atoms with Crippen LogP contribution in [-0.2, 0) is 16.0 Å². The summed E-state index contributed by atoms with van der Waals surface area (Å²) in [5.74, 6) is 1.45. The zero-order valence-corrected chi connectivity index (χ0v) is 14.8. The Morgan fingerprint density at radius 2 is 2.04 bits per heavy atom. The van der Waals surface area contributed by atoms with E-state index in [2.05, 4.69) is 16.0 Å². The first-order chi connectivity index (χ1) is 11.7. The van der Waals surface area contributed by atoms with E-state index in [1.807, 2.05) is 11.8 Å². The van der Waals surface area contributed by atoms with Crippen LogP contribution in [0.15, 0.2) is 6.07 Å². The topological polar surface area (TPSA) is 58.6 Å². The molecule has 0 N–H and O–H groups in total. The maximum Gasteiger partial charge on any atom is 0.225 e. The summed E-state index contributed by atoms with van der Waals surface area (Å²) in [7, 11) is 1.67. The molecule has 0 spiro atoms. The van der Waals surface area contributed by atoms with Crippen molar-refractivity contribution in [2.24, 2.45) is 5.92 Å². The van der Waals surface area contributed by atoms with Crippen molar-refractivity contribution in [2.45, 2.75) is 39.0 Å². The minimum absolute atomic E-state index is 0.235. The molecule has 1 atom stereocenters. The highest BCUT2D eigenvalue weighted by molar-refractivity contribution is 5.78. The average molecular weight is 332 g/mol. The van der Waals surface area contributed by atoms with Gasteiger partial charge in [0.05, 0.1) is 6.61 Å². The first kappa shape index (κ1) is 17.1. The summed E-state index contributed by atoms with van der Waals surface area (Å²) in [4.78, 5) is 25.7. The van der Waals surface area contributed by atoms with Gasteiger partial charge in [0, 0.05) is 51.1 Å². The fraction of sp³-hybridized carbons (Fsp3) is 0.722. The van der Waals surface area contributed by atoms with Crippen molar-refractivity contribution >= 4 is 11.9 Å². The predicted octanol–water partition coefficient (Wildman–Crippen LogP) is 1.81. The van der Waals surface area contributed by atoms with Crippen molar-refractivity contribution in [1.82, 2.24) is 14.9 Å². The predicted molar refractivity (Wildman–Crippen MR) is 93.1 cm³/mol. The van der Waals surface area contributed by atoms with Crippen molar-refractivity contribution in [3.05, 3.63) is 17.5 Å². The number of likely N-dealkylation sites (tertiary alicyclic amines) is 1. The molecule has 0 bridgehead atoms. The molecule has 6 nitrogen and oxygen atoms in total. The normalized spacial score (nSPS) is 21.6. The molecule has 2 fully saturated rings. The third-order valence-electron chi connectivity index (χ3n) is 4.89. The van der Waals surface area contributed by atoms with Crippen LogP contribution in [0.1, 0.15) is 37.1 Å². The Morgan fingerprint density at radius 3 is 2.79 bits per heavy atom.